The molecule has 6 heteroatoms. The highest BCUT2D eigenvalue weighted by molar-refractivity contribution is 7.89. The molecule has 0 saturated heterocycles. The molecular formula is C12H17NO4S. The Hall–Kier alpha value is -1.40. The Labute approximate surface area is 107 Å². The molecule has 0 aromatic heterocycles. The summed E-state index contributed by atoms with van der Waals surface area (Å²) in [4.78, 5) is 10.6. The van der Waals surface area contributed by atoms with Gasteiger partial charge in [-0.25, -0.2) is 13.1 Å². The summed E-state index contributed by atoms with van der Waals surface area (Å²) in [6.07, 6.45) is 0.206. The van der Waals surface area contributed by atoms with Gasteiger partial charge in [0.15, 0.2) is 0 Å². The molecule has 18 heavy (non-hydrogen) atoms. The molecule has 0 saturated carbocycles. The molecular weight excluding hydrogens is 254 g/mol. The topological polar surface area (TPSA) is 83.5 Å². The summed E-state index contributed by atoms with van der Waals surface area (Å²) < 4.78 is 26.4. The van der Waals surface area contributed by atoms with Gasteiger partial charge in [0.1, 0.15) is 0 Å². The van der Waals surface area contributed by atoms with Crippen LogP contribution in [0, 0.1) is 6.92 Å². The van der Waals surface area contributed by atoms with Crippen LogP contribution in [-0.4, -0.2) is 25.5 Å². The van der Waals surface area contributed by atoms with Crippen molar-refractivity contribution in [3.05, 3.63) is 29.8 Å². The summed E-state index contributed by atoms with van der Waals surface area (Å²) in [6.45, 7) is 3.46. The minimum absolute atomic E-state index is 0.0580. The zero-order chi connectivity index (χ0) is 13.8. The first-order chi connectivity index (χ1) is 8.31. The molecule has 100 valence electrons. The van der Waals surface area contributed by atoms with E-state index in [0.29, 0.717) is 0 Å². The number of nitrogens with one attached hydrogen (secondary N) is 1. The average Bonchev–Trinajstić information content (AvgIpc) is 2.26. The Morgan fingerprint density at radius 3 is 2.67 bits per heavy atom. The van der Waals surface area contributed by atoms with E-state index in [4.69, 9.17) is 5.11 Å². The van der Waals surface area contributed by atoms with Crippen LogP contribution < -0.4 is 4.72 Å². The molecule has 0 amide bonds. The monoisotopic (exact) mass is 271 g/mol. The van der Waals surface area contributed by atoms with Crippen LogP contribution in [0.3, 0.4) is 0 Å². The van der Waals surface area contributed by atoms with Crippen molar-refractivity contribution in [1.29, 1.82) is 0 Å². The van der Waals surface area contributed by atoms with E-state index >= 15 is 0 Å². The second kappa shape index (κ2) is 5.97. The number of aryl methyl sites for hydroxylation is 1. The van der Waals surface area contributed by atoms with E-state index in [0.717, 1.165) is 5.56 Å². The summed E-state index contributed by atoms with van der Waals surface area (Å²) in [5.41, 5.74) is 0.857. The van der Waals surface area contributed by atoms with Gasteiger partial charge in [-0.2, -0.15) is 0 Å². The van der Waals surface area contributed by atoms with Crippen molar-refractivity contribution >= 4 is 16.0 Å². The summed E-state index contributed by atoms with van der Waals surface area (Å²) >= 11 is 0. The van der Waals surface area contributed by atoms with Crippen molar-refractivity contribution in [3.63, 3.8) is 0 Å². The highest BCUT2D eigenvalue weighted by Gasteiger charge is 2.17. The summed E-state index contributed by atoms with van der Waals surface area (Å²) in [6, 6.07) is 6.16. The highest BCUT2D eigenvalue weighted by atomic mass is 32.2. The largest absolute Gasteiger partial charge is 0.481 e. The molecule has 0 heterocycles. The van der Waals surface area contributed by atoms with Gasteiger partial charge in [-0.1, -0.05) is 12.1 Å². The molecule has 0 fully saturated rings. The molecule has 1 aromatic carbocycles. The summed E-state index contributed by atoms with van der Waals surface area (Å²) in [5.74, 6) is -0.934. The zero-order valence-electron chi connectivity index (χ0n) is 10.4. The standard InChI is InChI=1S/C12H17NO4S/c1-9-4-3-5-11(8-9)18(16,17)13-10(2)6-7-12(14)15/h3-5,8,10,13H,6-7H2,1-2H3,(H,14,15). The molecule has 0 aliphatic carbocycles. The normalized spacial score (nSPS) is 13.2. The van der Waals surface area contributed by atoms with Crippen LogP contribution in [0.1, 0.15) is 25.3 Å². The lowest BCUT2D eigenvalue weighted by Crippen LogP contribution is -2.33. The zero-order valence-corrected chi connectivity index (χ0v) is 11.2. The predicted molar refractivity (Wildman–Crippen MR) is 67.8 cm³/mol. The average molecular weight is 271 g/mol. The predicted octanol–water partition coefficient (Wildman–Crippen LogP) is 1.53. The fourth-order valence-electron chi connectivity index (χ4n) is 1.51. The van der Waals surface area contributed by atoms with Crippen LogP contribution in [0.25, 0.3) is 0 Å². The summed E-state index contributed by atoms with van der Waals surface area (Å²) in [5, 5.41) is 8.54. The van der Waals surface area contributed by atoms with E-state index in [1.54, 1.807) is 19.1 Å². The first-order valence-electron chi connectivity index (χ1n) is 5.62. The number of hydrogen-bond donors (Lipinski definition) is 2. The number of hydrogen-bond acceptors (Lipinski definition) is 3. The molecule has 1 rings (SSSR count). The Bertz CT molecular complexity index is 525. The maximum absolute atomic E-state index is 12.0. The van der Waals surface area contributed by atoms with Gasteiger partial charge in [0, 0.05) is 12.5 Å². The Kier molecular flexibility index (Phi) is 4.86. The quantitative estimate of drug-likeness (QED) is 0.821. The third kappa shape index (κ3) is 4.46. The van der Waals surface area contributed by atoms with Crippen molar-refractivity contribution in [2.45, 2.75) is 37.6 Å². The van der Waals surface area contributed by atoms with Crippen molar-refractivity contribution in [3.8, 4) is 0 Å². The lowest BCUT2D eigenvalue weighted by Gasteiger charge is -2.13. The number of rotatable bonds is 6. The first kappa shape index (κ1) is 14.7. The molecule has 0 spiro atoms. The van der Waals surface area contributed by atoms with E-state index in [1.807, 2.05) is 13.0 Å². The smallest absolute Gasteiger partial charge is 0.303 e. The van der Waals surface area contributed by atoms with Crippen LogP contribution in [0.15, 0.2) is 29.2 Å². The highest BCUT2D eigenvalue weighted by Crippen LogP contribution is 2.12. The van der Waals surface area contributed by atoms with Crippen LogP contribution in [0.4, 0.5) is 0 Å². The molecule has 0 bridgehead atoms. The fourth-order valence-corrected chi connectivity index (χ4v) is 2.90. The van der Waals surface area contributed by atoms with Crippen LogP contribution in [0.5, 0.6) is 0 Å². The van der Waals surface area contributed by atoms with Gasteiger partial charge in [-0.05, 0) is 38.0 Å². The van der Waals surface area contributed by atoms with Gasteiger partial charge in [0.05, 0.1) is 4.90 Å². The van der Waals surface area contributed by atoms with Crippen molar-refractivity contribution < 1.29 is 18.3 Å². The Morgan fingerprint density at radius 2 is 2.11 bits per heavy atom. The Morgan fingerprint density at radius 1 is 1.44 bits per heavy atom. The van der Waals surface area contributed by atoms with Gasteiger partial charge in [0.2, 0.25) is 10.0 Å². The van der Waals surface area contributed by atoms with Crippen molar-refractivity contribution in [1.82, 2.24) is 4.72 Å². The molecule has 1 unspecified atom stereocenters. The fraction of sp³-hybridized carbons (Fsp3) is 0.417. The minimum atomic E-state index is -3.57. The number of carbonyl (C=O) groups is 1. The number of carboxylic acid groups (broad SMARTS) is 1. The number of carboxylic acids is 1. The second-order valence-corrected chi connectivity index (χ2v) is 5.99. The van der Waals surface area contributed by atoms with E-state index in [2.05, 4.69) is 4.72 Å². The lowest BCUT2D eigenvalue weighted by molar-refractivity contribution is -0.137. The second-order valence-electron chi connectivity index (χ2n) is 4.27. The van der Waals surface area contributed by atoms with Crippen LogP contribution >= 0.6 is 0 Å². The van der Waals surface area contributed by atoms with Gasteiger partial charge >= 0.3 is 5.97 Å². The van der Waals surface area contributed by atoms with Crippen LogP contribution in [-0.2, 0) is 14.8 Å². The molecule has 0 aliphatic heterocycles. The molecule has 0 radical (unpaired) electrons. The number of aliphatic carboxylic acids is 1. The van der Waals surface area contributed by atoms with E-state index in [1.165, 1.54) is 6.07 Å². The summed E-state index contributed by atoms with van der Waals surface area (Å²) in [7, 11) is -3.57. The molecule has 5 nitrogen and oxygen atoms in total. The van der Waals surface area contributed by atoms with Crippen molar-refractivity contribution in [2.75, 3.05) is 0 Å². The maximum atomic E-state index is 12.0. The van der Waals surface area contributed by atoms with E-state index in [9.17, 15) is 13.2 Å². The number of benzene rings is 1. The maximum Gasteiger partial charge on any atom is 0.303 e. The lowest BCUT2D eigenvalue weighted by atomic mass is 10.2. The molecule has 1 atom stereocenters. The minimum Gasteiger partial charge on any atom is -0.481 e. The van der Waals surface area contributed by atoms with Crippen molar-refractivity contribution in [2.24, 2.45) is 0 Å². The third-order valence-electron chi connectivity index (χ3n) is 2.45. The number of sulfonamides is 1. The van der Waals surface area contributed by atoms with Gasteiger partial charge in [-0.3, -0.25) is 4.79 Å². The van der Waals surface area contributed by atoms with Gasteiger partial charge in [-0.15, -0.1) is 0 Å². The van der Waals surface area contributed by atoms with Gasteiger partial charge < -0.3 is 5.11 Å². The first-order valence-corrected chi connectivity index (χ1v) is 7.10. The molecule has 2 N–H and O–H groups in total. The molecule has 1 aromatic rings. The Balaban J connectivity index is 2.73. The van der Waals surface area contributed by atoms with Gasteiger partial charge in [0.25, 0.3) is 0 Å². The third-order valence-corrected chi connectivity index (χ3v) is 4.03. The van der Waals surface area contributed by atoms with E-state index < -0.39 is 22.0 Å². The molecule has 0 aliphatic rings. The van der Waals surface area contributed by atoms with E-state index in [-0.39, 0.29) is 17.7 Å². The van der Waals surface area contributed by atoms with Crippen LogP contribution in [0.2, 0.25) is 0 Å². The SMILES string of the molecule is Cc1cccc(S(=O)(=O)NC(C)CCC(=O)O)c1.